The van der Waals surface area contributed by atoms with E-state index in [2.05, 4.69) is 21.2 Å². The van der Waals surface area contributed by atoms with Crippen LogP contribution in [-0.4, -0.2) is 39.9 Å². The Balaban J connectivity index is 2.88. The molecule has 0 amide bonds. The van der Waals surface area contributed by atoms with Gasteiger partial charge in [-0.1, -0.05) is 28.1 Å². The zero-order chi connectivity index (χ0) is 12.9. The first-order chi connectivity index (χ1) is 8.02. The van der Waals surface area contributed by atoms with E-state index in [0.29, 0.717) is 18.0 Å². The summed E-state index contributed by atoms with van der Waals surface area (Å²) in [6.07, 6.45) is 0. The van der Waals surface area contributed by atoms with Gasteiger partial charge in [0.25, 0.3) is 0 Å². The Morgan fingerprint density at radius 3 is 2.35 bits per heavy atom. The van der Waals surface area contributed by atoms with Crippen LogP contribution in [0.3, 0.4) is 0 Å². The zero-order valence-electron chi connectivity index (χ0n) is 9.98. The second-order valence-electron chi connectivity index (χ2n) is 3.71. The van der Waals surface area contributed by atoms with E-state index in [0.717, 1.165) is 10.9 Å². The summed E-state index contributed by atoms with van der Waals surface area (Å²) in [4.78, 5) is 0.334. The molecular formula is C11H17BrN2O2S. The lowest BCUT2D eigenvalue weighted by Crippen LogP contribution is -2.32. The van der Waals surface area contributed by atoms with Crippen molar-refractivity contribution in [2.75, 3.05) is 27.2 Å². The summed E-state index contributed by atoms with van der Waals surface area (Å²) in [5.41, 5.74) is 1.06. The molecule has 1 aromatic carbocycles. The van der Waals surface area contributed by atoms with Gasteiger partial charge in [0.15, 0.2) is 0 Å². The fourth-order valence-electron chi connectivity index (χ4n) is 1.32. The molecule has 1 aromatic rings. The molecule has 0 fully saturated rings. The van der Waals surface area contributed by atoms with E-state index in [9.17, 15) is 8.42 Å². The van der Waals surface area contributed by atoms with Crippen molar-refractivity contribution in [3.63, 3.8) is 0 Å². The molecule has 0 aliphatic rings. The molecule has 1 rings (SSSR count). The molecule has 96 valence electrons. The summed E-state index contributed by atoms with van der Waals surface area (Å²) in [6, 6.07) is 6.91. The van der Waals surface area contributed by atoms with Crippen molar-refractivity contribution in [3.05, 3.63) is 29.8 Å². The van der Waals surface area contributed by atoms with Gasteiger partial charge in [-0.3, -0.25) is 0 Å². The number of sulfonamides is 1. The Bertz CT molecular complexity index is 445. The Morgan fingerprint density at radius 1 is 1.29 bits per heavy atom. The van der Waals surface area contributed by atoms with E-state index in [1.54, 1.807) is 26.2 Å². The van der Waals surface area contributed by atoms with Crippen molar-refractivity contribution in [2.24, 2.45) is 0 Å². The first-order valence-electron chi connectivity index (χ1n) is 5.28. The minimum atomic E-state index is -3.36. The number of nitrogens with one attached hydrogen (secondary N) is 1. The fourth-order valence-corrected chi connectivity index (χ4v) is 2.87. The van der Waals surface area contributed by atoms with Crippen molar-refractivity contribution in [1.29, 1.82) is 0 Å². The van der Waals surface area contributed by atoms with Gasteiger partial charge in [-0.05, 0) is 24.7 Å². The van der Waals surface area contributed by atoms with Crippen LogP contribution in [-0.2, 0) is 15.4 Å². The van der Waals surface area contributed by atoms with Gasteiger partial charge in [-0.25, -0.2) is 8.42 Å². The van der Waals surface area contributed by atoms with Crippen LogP contribution in [0.1, 0.15) is 5.56 Å². The highest BCUT2D eigenvalue weighted by Gasteiger charge is 2.19. The Morgan fingerprint density at radius 2 is 1.88 bits per heavy atom. The van der Waals surface area contributed by atoms with E-state index in [-0.39, 0.29) is 0 Å². The summed E-state index contributed by atoms with van der Waals surface area (Å²) >= 11 is 3.33. The molecule has 0 aliphatic heterocycles. The molecule has 0 saturated heterocycles. The maximum absolute atomic E-state index is 12.1. The molecule has 6 heteroatoms. The van der Waals surface area contributed by atoms with Gasteiger partial charge in [0.05, 0.1) is 4.90 Å². The Hall–Kier alpha value is -0.430. The third-order valence-corrected chi connectivity index (χ3v) is 4.98. The summed E-state index contributed by atoms with van der Waals surface area (Å²) < 4.78 is 25.6. The lowest BCUT2D eigenvalue weighted by molar-refractivity contribution is 0.466. The molecule has 1 N–H and O–H groups in total. The van der Waals surface area contributed by atoms with Gasteiger partial charge in [0.1, 0.15) is 0 Å². The van der Waals surface area contributed by atoms with Crippen LogP contribution < -0.4 is 5.32 Å². The van der Waals surface area contributed by atoms with Crippen LogP contribution in [0, 0.1) is 0 Å². The second-order valence-corrected chi connectivity index (χ2v) is 6.31. The van der Waals surface area contributed by atoms with Gasteiger partial charge >= 0.3 is 0 Å². The highest BCUT2D eigenvalue weighted by molar-refractivity contribution is 9.08. The third-order valence-electron chi connectivity index (χ3n) is 2.46. The van der Waals surface area contributed by atoms with Crippen LogP contribution in [0.2, 0.25) is 0 Å². The van der Waals surface area contributed by atoms with Gasteiger partial charge < -0.3 is 5.32 Å². The molecule has 0 unspecified atom stereocenters. The second kappa shape index (κ2) is 6.49. The number of alkyl halides is 1. The van der Waals surface area contributed by atoms with E-state index in [1.807, 2.05) is 12.1 Å². The maximum atomic E-state index is 12.1. The molecule has 0 atom stereocenters. The fraction of sp³-hybridized carbons (Fsp3) is 0.455. The predicted molar refractivity (Wildman–Crippen MR) is 72.8 cm³/mol. The molecule has 0 heterocycles. The first kappa shape index (κ1) is 14.6. The van der Waals surface area contributed by atoms with E-state index >= 15 is 0 Å². The van der Waals surface area contributed by atoms with E-state index in [1.165, 1.54) is 4.31 Å². The smallest absolute Gasteiger partial charge is 0.242 e. The molecule has 0 aliphatic carbocycles. The monoisotopic (exact) mass is 320 g/mol. The number of nitrogens with zero attached hydrogens (tertiary/aromatic N) is 1. The number of benzene rings is 1. The van der Waals surface area contributed by atoms with Crippen LogP contribution in [0.4, 0.5) is 0 Å². The highest BCUT2D eigenvalue weighted by atomic mass is 79.9. The largest absolute Gasteiger partial charge is 0.318 e. The summed E-state index contributed by atoms with van der Waals surface area (Å²) in [5, 5.41) is 3.65. The SMILES string of the molecule is CNCCN(C)S(=O)(=O)c1ccc(CBr)cc1. The average Bonchev–Trinajstić information content (AvgIpc) is 2.35. The average molecular weight is 321 g/mol. The molecule has 0 radical (unpaired) electrons. The van der Waals surface area contributed by atoms with Crippen LogP contribution in [0.25, 0.3) is 0 Å². The number of rotatable bonds is 6. The van der Waals surface area contributed by atoms with Crippen LogP contribution in [0.15, 0.2) is 29.2 Å². The van der Waals surface area contributed by atoms with Crippen LogP contribution in [0.5, 0.6) is 0 Å². The lowest BCUT2D eigenvalue weighted by Gasteiger charge is -2.17. The van der Waals surface area contributed by atoms with Crippen molar-refractivity contribution >= 4 is 26.0 Å². The van der Waals surface area contributed by atoms with Crippen LogP contribution >= 0.6 is 15.9 Å². The molecule has 0 spiro atoms. The van der Waals surface area contributed by atoms with Crippen molar-refractivity contribution in [1.82, 2.24) is 9.62 Å². The standard InChI is InChI=1S/C11H17BrN2O2S/c1-13-7-8-14(2)17(15,16)11-5-3-10(9-12)4-6-11/h3-6,13H,7-9H2,1-2H3. The molecule has 0 aromatic heterocycles. The highest BCUT2D eigenvalue weighted by Crippen LogP contribution is 2.16. The molecular weight excluding hydrogens is 304 g/mol. The minimum Gasteiger partial charge on any atom is -0.318 e. The number of hydrogen-bond acceptors (Lipinski definition) is 3. The summed E-state index contributed by atoms with van der Waals surface area (Å²) in [5.74, 6) is 0. The zero-order valence-corrected chi connectivity index (χ0v) is 12.4. The van der Waals surface area contributed by atoms with Crippen molar-refractivity contribution < 1.29 is 8.42 Å². The third kappa shape index (κ3) is 3.77. The molecule has 4 nitrogen and oxygen atoms in total. The quantitative estimate of drug-likeness (QED) is 0.806. The lowest BCUT2D eigenvalue weighted by atomic mass is 10.2. The minimum absolute atomic E-state index is 0.334. The van der Waals surface area contributed by atoms with Crippen molar-refractivity contribution in [3.8, 4) is 0 Å². The van der Waals surface area contributed by atoms with Gasteiger partial charge in [0.2, 0.25) is 10.0 Å². The van der Waals surface area contributed by atoms with E-state index < -0.39 is 10.0 Å². The molecule has 17 heavy (non-hydrogen) atoms. The summed E-state index contributed by atoms with van der Waals surface area (Å²) in [7, 11) is 0.0271. The maximum Gasteiger partial charge on any atom is 0.242 e. The number of halogens is 1. The van der Waals surface area contributed by atoms with Crippen molar-refractivity contribution in [2.45, 2.75) is 10.2 Å². The van der Waals surface area contributed by atoms with E-state index in [4.69, 9.17) is 0 Å². The predicted octanol–water partition coefficient (Wildman–Crippen LogP) is 1.42. The number of hydrogen-bond donors (Lipinski definition) is 1. The Labute approximate surface area is 111 Å². The first-order valence-corrected chi connectivity index (χ1v) is 7.84. The summed E-state index contributed by atoms with van der Waals surface area (Å²) in [6.45, 7) is 1.09. The number of likely N-dealkylation sites (N-methyl/N-ethyl adjacent to an activating group) is 2. The van der Waals surface area contributed by atoms with Gasteiger partial charge in [-0.2, -0.15) is 4.31 Å². The Kier molecular flexibility index (Phi) is 5.58. The van der Waals surface area contributed by atoms with Gasteiger partial charge in [-0.15, -0.1) is 0 Å². The molecule has 0 bridgehead atoms. The normalized spacial score (nSPS) is 12.0. The topological polar surface area (TPSA) is 49.4 Å². The molecule has 0 saturated carbocycles. The van der Waals surface area contributed by atoms with Gasteiger partial charge in [0, 0.05) is 25.5 Å².